The number of hydrogen-bond acceptors (Lipinski definition) is 4. The Morgan fingerprint density at radius 3 is 2.76 bits per heavy atom. The number of oxazole rings is 1. The average molecular weight is 253 g/mol. The van der Waals surface area contributed by atoms with Crippen molar-refractivity contribution in [3.8, 4) is 11.3 Å². The van der Waals surface area contributed by atoms with Crippen molar-refractivity contribution in [3.05, 3.63) is 36.3 Å². The second kappa shape index (κ2) is 5.01. The quantitative estimate of drug-likeness (QED) is 0.849. The van der Waals surface area contributed by atoms with E-state index >= 15 is 0 Å². The van der Waals surface area contributed by atoms with E-state index in [1.807, 2.05) is 0 Å². The fourth-order valence-electron chi connectivity index (χ4n) is 1.20. The van der Waals surface area contributed by atoms with Gasteiger partial charge in [-0.3, -0.25) is 4.79 Å². The van der Waals surface area contributed by atoms with Crippen molar-refractivity contribution in [1.82, 2.24) is 4.98 Å². The summed E-state index contributed by atoms with van der Waals surface area (Å²) in [5, 5.41) is 8.78. The van der Waals surface area contributed by atoms with Gasteiger partial charge in [-0.25, -0.2) is 9.37 Å². The second-order valence-corrected chi connectivity index (χ2v) is 4.11. The van der Waals surface area contributed by atoms with Gasteiger partial charge in [0.2, 0.25) is 0 Å². The molecule has 2 aromatic rings. The molecule has 17 heavy (non-hydrogen) atoms. The SMILES string of the molecule is O=C(O)CSc1ncc(-c2ccc(F)cc2)o1. The van der Waals surface area contributed by atoms with Gasteiger partial charge in [-0.05, 0) is 24.3 Å². The molecule has 0 bridgehead atoms. The van der Waals surface area contributed by atoms with Gasteiger partial charge in [-0.1, -0.05) is 11.8 Å². The zero-order valence-corrected chi connectivity index (χ0v) is 9.41. The Labute approximate surface area is 100 Å². The molecule has 6 heteroatoms. The topological polar surface area (TPSA) is 63.3 Å². The number of aliphatic carboxylic acids is 1. The Morgan fingerprint density at radius 1 is 1.41 bits per heavy atom. The third kappa shape index (κ3) is 3.07. The Kier molecular flexibility index (Phi) is 3.43. The van der Waals surface area contributed by atoms with Crippen LogP contribution in [0.4, 0.5) is 4.39 Å². The number of carboxylic acids is 1. The van der Waals surface area contributed by atoms with Gasteiger partial charge >= 0.3 is 5.97 Å². The van der Waals surface area contributed by atoms with Crippen LogP contribution in [0.1, 0.15) is 0 Å². The molecule has 88 valence electrons. The molecule has 1 N–H and O–H groups in total. The summed E-state index contributed by atoms with van der Waals surface area (Å²) in [6.45, 7) is 0. The molecule has 0 saturated heterocycles. The summed E-state index contributed by atoms with van der Waals surface area (Å²) in [6.07, 6.45) is 1.48. The maximum atomic E-state index is 12.7. The van der Waals surface area contributed by atoms with Gasteiger partial charge in [0, 0.05) is 5.56 Å². The molecule has 1 heterocycles. The number of aromatic nitrogens is 1. The predicted octanol–water partition coefficient (Wildman–Crippen LogP) is 2.66. The maximum Gasteiger partial charge on any atom is 0.314 e. The maximum absolute atomic E-state index is 12.7. The predicted molar refractivity (Wildman–Crippen MR) is 60.3 cm³/mol. The molecule has 0 fully saturated rings. The molecule has 1 aromatic heterocycles. The highest BCUT2D eigenvalue weighted by atomic mass is 32.2. The van der Waals surface area contributed by atoms with Crippen molar-refractivity contribution in [3.63, 3.8) is 0 Å². The van der Waals surface area contributed by atoms with Gasteiger partial charge in [0.1, 0.15) is 11.6 Å². The van der Waals surface area contributed by atoms with E-state index in [0.717, 1.165) is 11.8 Å². The number of benzene rings is 1. The standard InChI is InChI=1S/C11H8FNO3S/c12-8-3-1-7(2-4-8)9-5-13-11(16-9)17-6-10(14)15/h1-5H,6H2,(H,14,15). The first kappa shape index (κ1) is 11.7. The molecule has 0 aliphatic heterocycles. The van der Waals surface area contributed by atoms with Crippen LogP contribution in [0.3, 0.4) is 0 Å². The number of carboxylic acid groups (broad SMARTS) is 1. The van der Waals surface area contributed by atoms with Crippen LogP contribution < -0.4 is 0 Å². The summed E-state index contributed by atoms with van der Waals surface area (Å²) < 4.78 is 18.0. The number of rotatable bonds is 4. The van der Waals surface area contributed by atoms with Crippen LogP contribution in [0, 0.1) is 5.82 Å². The Morgan fingerprint density at radius 2 is 2.12 bits per heavy atom. The summed E-state index contributed by atoms with van der Waals surface area (Å²) >= 11 is 0.996. The smallest absolute Gasteiger partial charge is 0.314 e. The number of halogens is 1. The van der Waals surface area contributed by atoms with Crippen molar-refractivity contribution < 1.29 is 18.7 Å². The number of carbonyl (C=O) groups is 1. The van der Waals surface area contributed by atoms with Crippen LogP contribution in [-0.4, -0.2) is 21.8 Å². The summed E-state index contributed by atoms with van der Waals surface area (Å²) in [6, 6.07) is 5.78. The van der Waals surface area contributed by atoms with E-state index in [-0.39, 0.29) is 16.8 Å². The van der Waals surface area contributed by atoms with Crippen molar-refractivity contribution in [2.45, 2.75) is 5.22 Å². The summed E-state index contributed by atoms with van der Waals surface area (Å²) in [4.78, 5) is 14.3. The molecule has 1 aromatic carbocycles. The Balaban J connectivity index is 2.12. The van der Waals surface area contributed by atoms with E-state index in [1.165, 1.54) is 18.3 Å². The minimum Gasteiger partial charge on any atom is -0.481 e. The van der Waals surface area contributed by atoms with Crippen LogP contribution in [0.25, 0.3) is 11.3 Å². The van der Waals surface area contributed by atoms with Crippen molar-refractivity contribution in [1.29, 1.82) is 0 Å². The Hall–Kier alpha value is -1.82. The molecular formula is C11H8FNO3S. The van der Waals surface area contributed by atoms with Gasteiger partial charge < -0.3 is 9.52 Å². The molecule has 2 rings (SSSR count). The van der Waals surface area contributed by atoms with Crippen molar-refractivity contribution >= 4 is 17.7 Å². The largest absolute Gasteiger partial charge is 0.481 e. The van der Waals surface area contributed by atoms with Crippen molar-refractivity contribution in [2.75, 3.05) is 5.75 Å². The fourth-order valence-corrected chi connectivity index (χ4v) is 1.72. The number of hydrogen-bond donors (Lipinski definition) is 1. The lowest BCUT2D eigenvalue weighted by atomic mass is 10.2. The van der Waals surface area contributed by atoms with Crippen LogP contribution in [0.15, 0.2) is 40.1 Å². The highest BCUT2D eigenvalue weighted by Gasteiger charge is 2.08. The summed E-state index contributed by atoms with van der Waals surface area (Å²) in [5.41, 5.74) is 0.695. The average Bonchev–Trinajstić information content (AvgIpc) is 2.76. The fraction of sp³-hybridized carbons (Fsp3) is 0.0909. The third-order valence-electron chi connectivity index (χ3n) is 1.93. The van der Waals surface area contributed by atoms with E-state index in [1.54, 1.807) is 12.1 Å². The minimum atomic E-state index is -0.934. The molecule has 0 spiro atoms. The molecule has 0 unspecified atom stereocenters. The van der Waals surface area contributed by atoms with Gasteiger partial charge in [0.15, 0.2) is 5.76 Å². The molecule has 0 atom stereocenters. The minimum absolute atomic E-state index is 0.108. The van der Waals surface area contributed by atoms with E-state index in [2.05, 4.69) is 4.98 Å². The van der Waals surface area contributed by atoms with Gasteiger partial charge in [0.25, 0.3) is 5.22 Å². The van der Waals surface area contributed by atoms with Crippen LogP contribution in [-0.2, 0) is 4.79 Å². The first-order valence-electron chi connectivity index (χ1n) is 4.71. The van der Waals surface area contributed by atoms with Crippen LogP contribution in [0.2, 0.25) is 0 Å². The van der Waals surface area contributed by atoms with E-state index < -0.39 is 5.97 Å². The van der Waals surface area contributed by atoms with Gasteiger partial charge in [-0.15, -0.1) is 0 Å². The molecule has 0 amide bonds. The molecule has 0 saturated carbocycles. The zero-order valence-electron chi connectivity index (χ0n) is 8.59. The van der Waals surface area contributed by atoms with E-state index in [9.17, 15) is 9.18 Å². The first-order chi connectivity index (χ1) is 8.15. The third-order valence-corrected chi connectivity index (χ3v) is 2.76. The Bertz CT molecular complexity index is 524. The number of nitrogens with zero attached hydrogens (tertiary/aromatic N) is 1. The molecule has 4 nitrogen and oxygen atoms in total. The van der Waals surface area contributed by atoms with Gasteiger partial charge in [-0.2, -0.15) is 0 Å². The number of thioether (sulfide) groups is 1. The van der Waals surface area contributed by atoms with Crippen LogP contribution in [0.5, 0.6) is 0 Å². The summed E-state index contributed by atoms with van der Waals surface area (Å²) in [7, 11) is 0. The molecule has 0 aliphatic rings. The first-order valence-corrected chi connectivity index (χ1v) is 5.70. The lowest BCUT2D eigenvalue weighted by Gasteiger charge is -1.95. The highest BCUT2D eigenvalue weighted by Crippen LogP contribution is 2.25. The lowest BCUT2D eigenvalue weighted by Crippen LogP contribution is -1.97. The van der Waals surface area contributed by atoms with Crippen LogP contribution >= 0.6 is 11.8 Å². The van der Waals surface area contributed by atoms with Crippen molar-refractivity contribution in [2.24, 2.45) is 0 Å². The molecule has 0 radical (unpaired) electrons. The van der Waals surface area contributed by atoms with E-state index in [4.69, 9.17) is 9.52 Å². The normalized spacial score (nSPS) is 10.4. The monoisotopic (exact) mass is 253 g/mol. The second-order valence-electron chi connectivity index (χ2n) is 3.18. The lowest BCUT2D eigenvalue weighted by molar-refractivity contribution is -0.133. The molecular weight excluding hydrogens is 245 g/mol. The van der Waals surface area contributed by atoms with Gasteiger partial charge in [0.05, 0.1) is 6.20 Å². The summed E-state index contributed by atoms with van der Waals surface area (Å²) in [5.74, 6) is -0.883. The molecule has 0 aliphatic carbocycles. The highest BCUT2D eigenvalue weighted by molar-refractivity contribution is 7.99. The van der Waals surface area contributed by atoms with E-state index in [0.29, 0.717) is 11.3 Å². The zero-order chi connectivity index (χ0) is 12.3.